The summed E-state index contributed by atoms with van der Waals surface area (Å²) >= 11 is 15.6. The van der Waals surface area contributed by atoms with Crippen LogP contribution in [0, 0.1) is 0 Å². The van der Waals surface area contributed by atoms with Gasteiger partial charge in [0.05, 0.1) is 27.2 Å². The highest BCUT2D eigenvalue weighted by atomic mass is 35.5. The highest BCUT2D eigenvalue weighted by Gasteiger charge is 2.14. The van der Waals surface area contributed by atoms with Crippen LogP contribution in [0.25, 0.3) is 21.1 Å². The van der Waals surface area contributed by atoms with Crippen LogP contribution in [-0.2, 0) is 11.3 Å². The van der Waals surface area contributed by atoms with E-state index in [1.807, 2.05) is 23.6 Å². The number of carbonyl (C=O) groups excluding carboxylic acids is 1. The van der Waals surface area contributed by atoms with Crippen LogP contribution in [0.1, 0.15) is 11.8 Å². The minimum Gasteiger partial charge on any atom is -0.351 e. The molecule has 3 nitrogen and oxygen atoms in total. The van der Waals surface area contributed by atoms with E-state index in [0.717, 1.165) is 26.0 Å². The molecule has 0 aliphatic carbocycles. The molecule has 7 heteroatoms. The Labute approximate surface area is 151 Å². The number of amides is 1. The zero-order valence-corrected chi connectivity index (χ0v) is 15.2. The molecule has 2 heterocycles. The van der Waals surface area contributed by atoms with E-state index in [9.17, 15) is 4.79 Å². The zero-order chi connectivity index (χ0) is 16.4. The largest absolute Gasteiger partial charge is 0.351 e. The van der Waals surface area contributed by atoms with E-state index in [0.29, 0.717) is 16.6 Å². The Morgan fingerprint density at radius 1 is 1.22 bits per heavy atom. The minimum atomic E-state index is -0.0377. The molecule has 2 aromatic heterocycles. The lowest BCUT2D eigenvalue weighted by molar-refractivity contribution is -0.119. The van der Waals surface area contributed by atoms with Gasteiger partial charge in [0, 0.05) is 22.7 Å². The average Bonchev–Trinajstić information content (AvgIpc) is 3.14. The van der Waals surface area contributed by atoms with Crippen LogP contribution in [0.5, 0.6) is 0 Å². The maximum atomic E-state index is 11.0. The number of hydrogen-bond acceptors (Lipinski definition) is 4. The first-order valence-corrected chi connectivity index (χ1v) is 9.23. The quantitative estimate of drug-likeness (QED) is 0.648. The van der Waals surface area contributed by atoms with Crippen LogP contribution < -0.4 is 5.32 Å². The molecule has 1 amide bonds. The molecule has 118 valence electrons. The number of rotatable bonds is 4. The van der Waals surface area contributed by atoms with Gasteiger partial charge in [-0.15, -0.1) is 22.7 Å². The molecule has 3 rings (SSSR count). The number of aromatic nitrogens is 1. The van der Waals surface area contributed by atoms with Crippen LogP contribution in [0.15, 0.2) is 35.7 Å². The van der Waals surface area contributed by atoms with E-state index in [-0.39, 0.29) is 5.91 Å². The van der Waals surface area contributed by atoms with Crippen LogP contribution in [-0.4, -0.2) is 10.9 Å². The Morgan fingerprint density at radius 2 is 1.96 bits per heavy atom. The molecule has 0 saturated heterocycles. The van der Waals surface area contributed by atoms with Crippen molar-refractivity contribution >= 4 is 51.8 Å². The summed E-state index contributed by atoms with van der Waals surface area (Å²) < 4.78 is 0. The third-order valence-corrected chi connectivity index (χ3v) is 5.70. The molecule has 1 N–H and O–H groups in total. The number of nitrogens with one attached hydrogen (secondary N) is 1. The van der Waals surface area contributed by atoms with Gasteiger partial charge in [-0.2, -0.15) is 0 Å². The number of benzene rings is 1. The van der Waals surface area contributed by atoms with Crippen molar-refractivity contribution in [2.24, 2.45) is 0 Å². The normalized spacial score (nSPS) is 10.7. The maximum absolute atomic E-state index is 11.0. The predicted octanol–water partition coefficient (Wildman–Crippen LogP) is 5.48. The van der Waals surface area contributed by atoms with Crippen molar-refractivity contribution in [3.05, 3.63) is 50.6 Å². The van der Waals surface area contributed by atoms with Crippen molar-refractivity contribution < 1.29 is 4.79 Å². The molecule has 0 saturated carbocycles. The molecule has 0 atom stereocenters. The smallest absolute Gasteiger partial charge is 0.217 e. The molecular weight excluding hydrogens is 371 g/mol. The predicted molar refractivity (Wildman–Crippen MR) is 98.4 cm³/mol. The Balaban J connectivity index is 1.86. The Morgan fingerprint density at radius 3 is 2.65 bits per heavy atom. The molecule has 0 aliphatic rings. The molecule has 1 aromatic carbocycles. The number of hydrogen-bond donors (Lipinski definition) is 1. The number of thiophene rings is 1. The van der Waals surface area contributed by atoms with E-state index in [1.54, 1.807) is 23.5 Å². The van der Waals surface area contributed by atoms with Crippen LogP contribution in [0.2, 0.25) is 10.0 Å². The molecule has 0 unspecified atom stereocenters. The number of nitrogens with zero attached hydrogens (tertiary/aromatic N) is 1. The Bertz CT molecular complexity index is 837. The summed E-state index contributed by atoms with van der Waals surface area (Å²) in [6, 6.07) is 9.43. The first-order valence-electron chi connectivity index (χ1n) is 6.78. The third kappa shape index (κ3) is 3.75. The second-order valence-corrected chi connectivity index (χ2v) is 7.65. The van der Waals surface area contributed by atoms with Crippen molar-refractivity contribution in [2.45, 2.75) is 13.5 Å². The fraction of sp³-hybridized carbons (Fsp3) is 0.125. The molecular formula is C16H12Cl2N2OS2. The summed E-state index contributed by atoms with van der Waals surface area (Å²) in [4.78, 5) is 17.8. The van der Waals surface area contributed by atoms with Crippen molar-refractivity contribution in [3.63, 3.8) is 0 Å². The molecule has 0 fully saturated rings. The fourth-order valence-electron chi connectivity index (χ4n) is 2.03. The standard InChI is InChI=1S/C16H12Cl2N2OS2/c1-9(21)19-7-10-5-6-14(23-10)13-8-22-16(20-13)15-11(17)3-2-4-12(15)18/h2-6,8H,7H2,1H3,(H,19,21). The summed E-state index contributed by atoms with van der Waals surface area (Å²) in [7, 11) is 0. The molecule has 0 aliphatic heterocycles. The second kappa shape index (κ2) is 7.01. The van der Waals surface area contributed by atoms with E-state index in [1.165, 1.54) is 18.3 Å². The summed E-state index contributed by atoms with van der Waals surface area (Å²) in [5.74, 6) is -0.0377. The van der Waals surface area contributed by atoms with Crippen molar-refractivity contribution in [1.82, 2.24) is 10.3 Å². The van der Waals surface area contributed by atoms with Gasteiger partial charge in [0.2, 0.25) is 5.91 Å². The zero-order valence-electron chi connectivity index (χ0n) is 12.1. The number of thiazole rings is 1. The van der Waals surface area contributed by atoms with Crippen molar-refractivity contribution in [1.29, 1.82) is 0 Å². The maximum Gasteiger partial charge on any atom is 0.217 e. The first kappa shape index (κ1) is 16.5. The van der Waals surface area contributed by atoms with Gasteiger partial charge in [0.25, 0.3) is 0 Å². The van der Waals surface area contributed by atoms with E-state index in [2.05, 4.69) is 10.3 Å². The molecule has 23 heavy (non-hydrogen) atoms. The number of halogens is 2. The van der Waals surface area contributed by atoms with Gasteiger partial charge in [0.1, 0.15) is 5.01 Å². The third-order valence-electron chi connectivity index (χ3n) is 3.11. The summed E-state index contributed by atoms with van der Waals surface area (Å²) in [6.45, 7) is 2.04. The van der Waals surface area contributed by atoms with Gasteiger partial charge in [-0.3, -0.25) is 4.79 Å². The lowest BCUT2D eigenvalue weighted by atomic mass is 10.2. The minimum absolute atomic E-state index is 0.0377. The molecule has 0 bridgehead atoms. The monoisotopic (exact) mass is 382 g/mol. The van der Waals surface area contributed by atoms with Crippen LogP contribution in [0.4, 0.5) is 0 Å². The first-order chi connectivity index (χ1) is 11.0. The Kier molecular flexibility index (Phi) is 5.02. The van der Waals surface area contributed by atoms with Gasteiger partial charge >= 0.3 is 0 Å². The fourth-order valence-corrected chi connectivity index (χ4v) is 4.59. The van der Waals surface area contributed by atoms with Crippen molar-refractivity contribution in [2.75, 3.05) is 0 Å². The van der Waals surface area contributed by atoms with Gasteiger partial charge in [-0.1, -0.05) is 29.3 Å². The highest BCUT2D eigenvalue weighted by molar-refractivity contribution is 7.16. The summed E-state index contributed by atoms with van der Waals surface area (Å²) in [5.41, 5.74) is 1.65. The Hall–Kier alpha value is -1.40. The lowest BCUT2D eigenvalue weighted by Crippen LogP contribution is -2.17. The summed E-state index contributed by atoms with van der Waals surface area (Å²) in [6.07, 6.45) is 0. The van der Waals surface area contributed by atoms with Gasteiger partial charge < -0.3 is 5.32 Å². The van der Waals surface area contributed by atoms with Crippen LogP contribution in [0.3, 0.4) is 0 Å². The van der Waals surface area contributed by atoms with E-state index in [4.69, 9.17) is 23.2 Å². The van der Waals surface area contributed by atoms with E-state index < -0.39 is 0 Å². The second-order valence-electron chi connectivity index (χ2n) is 4.81. The topological polar surface area (TPSA) is 42.0 Å². The van der Waals surface area contributed by atoms with Crippen LogP contribution >= 0.6 is 45.9 Å². The highest BCUT2D eigenvalue weighted by Crippen LogP contribution is 2.38. The summed E-state index contributed by atoms with van der Waals surface area (Å²) in [5, 5.41) is 6.77. The molecule has 0 spiro atoms. The van der Waals surface area contributed by atoms with Gasteiger partial charge in [0.15, 0.2) is 0 Å². The average molecular weight is 383 g/mol. The van der Waals surface area contributed by atoms with E-state index >= 15 is 0 Å². The van der Waals surface area contributed by atoms with Gasteiger partial charge in [-0.05, 0) is 24.3 Å². The molecule has 0 radical (unpaired) electrons. The lowest BCUT2D eigenvalue weighted by Gasteiger charge is -2.02. The molecule has 3 aromatic rings. The van der Waals surface area contributed by atoms with Gasteiger partial charge in [-0.25, -0.2) is 4.98 Å². The number of carbonyl (C=O) groups is 1. The van der Waals surface area contributed by atoms with Crippen molar-refractivity contribution in [3.8, 4) is 21.1 Å². The SMILES string of the molecule is CC(=O)NCc1ccc(-c2csc(-c3c(Cl)cccc3Cl)n2)s1.